The van der Waals surface area contributed by atoms with Crippen LogP contribution in [0.25, 0.3) is 6.08 Å². The molecule has 4 nitrogen and oxygen atoms in total. The second-order valence-corrected chi connectivity index (χ2v) is 10.7. The Morgan fingerprint density at radius 1 is 0.912 bits per heavy atom. The van der Waals surface area contributed by atoms with Crippen LogP contribution in [0.3, 0.4) is 0 Å². The van der Waals surface area contributed by atoms with Crippen LogP contribution < -0.4 is 4.74 Å². The third-order valence-corrected chi connectivity index (χ3v) is 7.70. The normalized spacial score (nSPS) is 14.9. The van der Waals surface area contributed by atoms with Gasteiger partial charge in [0, 0.05) is 15.6 Å². The highest BCUT2D eigenvalue weighted by Crippen LogP contribution is 2.35. The highest BCUT2D eigenvalue weighted by molar-refractivity contribution is 9.10. The van der Waals surface area contributed by atoms with Gasteiger partial charge in [-0.3, -0.25) is 14.5 Å². The summed E-state index contributed by atoms with van der Waals surface area (Å²) in [7, 11) is 0. The average Bonchev–Trinajstić information content (AvgIpc) is 3.04. The number of carbonyl (C=O) groups is 2. The first-order valence-electron chi connectivity index (χ1n) is 9.77. The number of thioether (sulfide) groups is 1. The molecule has 1 aliphatic rings. The van der Waals surface area contributed by atoms with Crippen LogP contribution in [0.5, 0.6) is 5.75 Å². The summed E-state index contributed by atoms with van der Waals surface area (Å²) < 4.78 is 6.55. The van der Waals surface area contributed by atoms with E-state index in [2.05, 4.69) is 15.9 Å². The minimum Gasteiger partial charge on any atom is -0.488 e. The largest absolute Gasteiger partial charge is 0.488 e. The zero-order valence-corrected chi connectivity index (χ0v) is 22.6. The van der Waals surface area contributed by atoms with Crippen LogP contribution in [0.1, 0.15) is 16.7 Å². The molecule has 0 N–H and O–H groups in total. The highest BCUT2D eigenvalue weighted by atomic mass is 79.9. The zero-order valence-electron chi connectivity index (χ0n) is 17.2. The summed E-state index contributed by atoms with van der Waals surface area (Å²) in [5.41, 5.74) is 2.25. The molecule has 0 aromatic heterocycles. The Morgan fingerprint density at radius 2 is 1.71 bits per heavy atom. The quantitative estimate of drug-likeness (QED) is 0.259. The Morgan fingerprint density at radius 3 is 2.41 bits per heavy atom. The number of rotatable bonds is 6. The molecule has 0 radical (unpaired) electrons. The van der Waals surface area contributed by atoms with Crippen LogP contribution in [-0.4, -0.2) is 16.0 Å². The first-order valence-corrected chi connectivity index (χ1v) is 12.9. The van der Waals surface area contributed by atoms with Gasteiger partial charge in [-0.2, -0.15) is 0 Å². The van der Waals surface area contributed by atoms with Gasteiger partial charge in [0.15, 0.2) is 0 Å². The highest BCUT2D eigenvalue weighted by Gasteiger charge is 2.35. The van der Waals surface area contributed by atoms with E-state index in [1.54, 1.807) is 54.6 Å². The van der Waals surface area contributed by atoms with Gasteiger partial charge in [-0.15, -0.1) is 0 Å². The molecule has 4 rings (SSSR count). The van der Waals surface area contributed by atoms with Gasteiger partial charge < -0.3 is 4.74 Å². The predicted octanol–water partition coefficient (Wildman–Crippen LogP) is 8.88. The van der Waals surface area contributed by atoms with Gasteiger partial charge in [-0.05, 0) is 81.3 Å². The molecule has 0 atom stereocenters. The summed E-state index contributed by atoms with van der Waals surface area (Å²) in [6.07, 6.45) is 1.67. The maximum atomic E-state index is 12.8. The molecule has 1 aliphatic heterocycles. The molecular weight excluding hydrogens is 604 g/mol. The van der Waals surface area contributed by atoms with E-state index >= 15 is 0 Å². The van der Waals surface area contributed by atoms with E-state index < -0.39 is 0 Å². The molecule has 174 valence electrons. The molecule has 0 spiro atoms. The summed E-state index contributed by atoms with van der Waals surface area (Å²) in [5, 5.41) is 1.51. The lowest BCUT2D eigenvalue weighted by Crippen LogP contribution is -2.27. The lowest BCUT2D eigenvalue weighted by molar-refractivity contribution is -0.123. The molecule has 1 saturated heterocycles. The predicted molar refractivity (Wildman–Crippen MR) is 143 cm³/mol. The number of halogens is 5. The Bertz CT molecular complexity index is 1330. The van der Waals surface area contributed by atoms with Crippen molar-refractivity contribution < 1.29 is 14.3 Å². The molecule has 10 heteroatoms. The van der Waals surface area contributed by atoms with Gasteiger partial charge in [-0.25, -0.2) is 0 Å². The van der Waals surface area contributed by atoms with Crippen molar-refractivity contribution in [3.63, 3.8) is 0 Å². The van der Waals surface area contributed by atoms with Crippen molar-refractivity contribution >= 4 is 91.3 Å². The Balaban J connectivity index is 1.46. The fourth-order valence-corrected chi connectivity index (χ4v) is 5.26. The molecule has 1 fully saturated rings. The minimum absolute atomic E-state index is 0.114. The number of imide groups is 1. The molecule has 0 unspecified atom stereocenters. The molecule has 0 bridgehead atoms. The summed E-state index contributed by atoms with van der Waals surface area (Å²) >= 11 is 28.5. The van der Waals surface area contributed by atoms with E-state index in [0.29, 0.717) is 40.8 Å². The Hall–Kier alpha value is -1.67. The van der Waals surface area contributed by atoms with E-state index in [-0.39, 0.29) is 24.3 Å². The molecule has 3 aromatic rings. The van der Waals surface area contributed by atoms with Crippen LogP contribution in [0.2, 0.25) is 20.1 Å². The van der Waals surface area contributed by atoms with Gasteiger partial charge >= 0.3 is 0 Å². The van der Waals surface area contributed by atoms with Crippen molar-refractivity contribution in [1.29, 1.82) is 0 Å². The number of hydrogen-bond acceptors (Lipinski definition) is 4. The van der Waals surface area contributed by atoms with Gasteiger partial charge in [0.25, 0.3) is 11.1 Å². The topological polar surface area (TPSA) is 46.6 Å². The number of benzene rings is 3. The fourth-order valence-electron chi connectivity index (χ4n) is 3.13. The minimum atomic E-state index is -0.366. The lowest BCUT2D eigenvalue weighted by atomic mass is 10.2. The van der Waals surface area contributed by atoms with E-state index in [4.69, 9.17) is 51.1 Å². The summed E-state index contributed by atoms with van der Waals surface area (Å²) in [4.78, 5) is 26.8. The molecule has 34 heavy (non-hydrogen) atoms. The number of amides is 2. The van der Waals surface area contributed by atoms with Crippen LogP contribution in [0.15, 0.2) is 64.0 Å². The summed E-state index contributed by atoms with van der Waals surface area (Å²) in [6.45, 7) is 0.379. The third kappa shape index (κ3) is 5.93. The van der Waals surface area contributed by atoms with Gasteiger partial charge in [0.05, 0.1) is 26.0 Å². The number of ether oxygens (including phenoxy) is 1. The second-order valence-electron chi connectivity index (χ2n) is 7.23. The van der Waals surface area contributed by atoms with Crippen LogP contribution >= 0.6 is 74.1 Å². The monoisotopic (exact) mass is 615 g/mol. The van der Waals surface area contributed by atoms with Crippen LogP contribution in [0.4, 0.5) is 4.79 Å². The van der Waals surface area contributed by atoms with Crippen LogP contribution in [0, 0.1) is 0 Å². The van der Waals surface area contributed by atoms with Crippen molar-refractivity contribution in [1.82, 2.24) is 4.90 Å². The number of carbonyl (C=O) groups excluding carboxylic acids is 2. The molecule has 3 aromatic carbocycles. The summed E-state index contributed by atoms with van der Waals surface area (Å²) in [5.74, 6) is 0.241. The average molecular weight is 618 g/mol. The second kappa shape index (κ2) is 10.9. The van der Waals surface area contributed by atoms with Gasteiger partial charge in [-0.1, -0.05) is 64.6 Å². The molecule has 0 saturated carbocycles. The lowest BCUT2D eigenvalue weighted by Gasteiger charge is -2.13. The van der Waals surface area contributed by atoms with Gasteiger partial charge in [0.1, 0.15) is 12.4 Å². The van der Waals surface area contributed by atoms with Crippen molar-refractivity contribution in [2.24, 2.45) is 0 Å². The van der Waals surface area contributed by atoms with Gasteiger partial charge in [0.2, 0.25) is 0 Å². The van der Waals surface area contributed by atoms with Crippen molar-refractivity contribution in [3.8, 4) is 5.75 Å². The summed E-state index contributed by atoms with van der Waals surface area (Å²) in [6, 6.07) is 15.6. The van der Waals surface area contributed by atoms with E-state index in [1.807, 2.05) is 6.07 Å². The fraction of sp³-hybridized carbons (Fsp3) is 0.0833. The zero-order chi connectivity index (χ0) is 24.4. The first-order chi connectivity index (χ1) is 16.2. The number of hydrogen-bond donors (Lipinski definition) is 0. The first kappa shape index (κ1) is 25.4. The van der Waals surface area contributed by atoms with Crippen molar-refractivity contribution in [3.05, 3.63) is 101 Å². The molecule has 0 aliphatic carbocycles. The van der Waals surface area contributed by atoms with Crippen LogP contribution in [-0.2, 0) is 17.9 Å². The standard InChI is InChI=1S/C24H14BrCl4NO3S/c25-17-7-13(2-6-21(17)33-12-15-3-4-16(26)10-19(15)28)9-22-23(31)30(24(32)34-22)11-14-1-5-18(27)20(29)8-14/h1-10H,11-12H2/b22-9-. The molecule has 1 heterocycles. The maximum Gasteiger partial charge on any atom is 0.293 e. The molecule has 2 amide bonds. The molecular formula is C24H14BrCl4NO3S. The van der Waals surface area contributed by atoms with E-state index in [0.717, 1.165) is 22.9 Å². The SMILES string of the molecule is O=C1S/C(=C\c2ccc(OCc3ccc(Cl)cc3Cl)c(Br)c2)C(=O)N1Cc1ccc(Cl)c(Cl)c1. The number of nitrogens with zero attached hydrogens (tertiary/aromatic N) is 1. The Labute approximate surface area is 228 Å². The van der Waals surface area contributed by atoms with E-state index in [9.17, 15) is 9.59 Å². The van der Waals surface area contributed by atoms with E-state index in [1.165, 1.54) is 4.90 Å². The smallest absolute Gasteiger partial charge is 0.293 e. The van der Waals surface area contributed by atoms with Crippen molar-refractivity contribution in [2.75, 3.05) is 0 Å². The van der Waals surface area contributed by atoms with Crippen molar-refractivity contribution in [2.45, 2.75) is 13.2 Å². The Kier molecular flexibility index (Phi) is 8.18. The third-order valence-electron chi connectivity index (χ3n) is 4.85. The maximum absolute atomic E-state index is 12.8.